The van der Waals surface area contributed by atoms with E-state index in [1.807, 2.05) is 0 Å². The number of carbonyl (C=O) groups is 1. The Labute approximate surface area is 115 Å². The van der Waals surface area contributed by atoms with Crippen LogP contribution in [0.3, 0.4) is 0 Å². The molecule has 1 amide bonds. The van der Waals surface area contributed by atoms with Gasteiger partial charge in [-0.25, -0.2) is 0 Å². The summed E-state index contributed by atoms with van der Waals surface area (Å²) < 4.78 is 5.81. The van der Waals surface area contributed by atoms with Crippen LogP contribution in [0.25, 0.3) is 0 Å². The molecule has 98 valence electrons. The number of benzene rings is 1. The van der Waals surface area contributed by atoms with Crippen molar-refractivity contribution in [2.75, 3.05) is 20.2 Å². The highest BCUT2D eigenvalue weighted by molar-refractivity contribution is 9.10. The van der Waals surface area contributed by atoms with Crippen LogP contribution < -0.4 is 4.74 Å². The van der Waals surface area contributed by atoms with Crippen molar-refractivity contribution in [1.29, 1.82) is 0 Å². The summed E-state index contributed by atoms with van der Waals surface area (Å²) in [6.45, 7) is 1.12. The molecule has 0 radical (unpaired) electrons. The number of rotatable bonds is 2. The Bertz CT molecular complexity index is 450. The first kappa shape index (κ1) is 13.4. The van der Waals surface area contributed by atoms with Gasteiger partial charge >= 0.3 is 0 Å². The number of hydrogen-bond acceptors (Lipinski definition) is 3. The lowest BCUT2D eigenvalue weighted by molar-refractivity contribution is 0.0473. The van der Waals surface area contributed by atoms with Crippen LogP contribution >= 0.6 is 15.9 Å². The van der Waals surface area contributed by atoms with Crippen LogP contribution in [-0.2, 0) is 0 Å². The van der Waals surface area contributed by atoms with Crippen LogP contribution in [0.1, 0.15) is 23.2 Å². The summed E-state index contributed by atoms with van der Waals surface area (Å²) in [5, 5.41) is 9.60. The van der Waals surface area contributed by atoms with Crippen LogP contribution in [0.5, 0.6) is 5.75 Å². The van der Waals surface area contributed by atoms with Gasteiger partial charge in [0.15, 0.2) is 0 Å². The van der Waals surface area contributed by atoms with Gasteiger partial charge < -0.3 is 14.7 Å². The third-order valence-electron chi connectivity index (χ3n) is 3.09. The molecule has 18 heavy (non-hydrogen) atoms. The van der Waals surface area contributed by atoms with E-state index in [1.165, 1.54) is 0 Å². The van der Waals surface area contributed by atoms with Crippen molar-refractivity contribution >= 4 is 21.8 Å². The van der Waals surface area contributed by atoms with Crippen molar-refractivity contribution in [3.05, 3.63) is 28.2 Å². The van der Waals surface area contributed by atoms with E-state index in [1.54, 1.807) is 30.2 Å². The molecule has 0 bridgehead atoms. The van der Waals surface area contributed by atoms with Crippen molar-refractivity contribution < 1.29 is 14.6 Å². The van der Waals surface area contributed by atoms with Gasteiger partial charge in [0.2, 0.25) is 0 Å². The normalized spacial score (nSPS) is 19.7. The van der Waals surface area contributed by atoms with Gasteiger partial charge in [-0.1, -0.05) is 0 Å². The second kappa shape index (κ2) is 5.71. The standard InChI is InChI=1S/C13H16BrNO3/c1-18-10-4-5-11(12(14)7-10)13(17)15-6-2-3-9(16)8-15/h4-5,7,9,16H,2-3,6,8H2,1H3. The second-order valence-corrected chi connectivity index (χ2v) is 5.25. The van der Waals surface area contributed by atoms with Crippen molar-refractivity contribution in [2.24, 2.45) is 0 Å². The number of hydrogen-bond donors (Lipinski definition) is 1. The van der Waals surface area contributed by atoms with E-state index < -0.39 is 6.10 Å². The zero-order valence-corrected chi connectivity index (χ0v) is 11.8. The van der Waals surface area contributed by atoms with Crippen LogP contribution in [0.4, 0.5) is 0 Å². The van der Waals surface area contributed by atoms with Crippen LogP contribution in [0, 0.1) is 0 Å². The molecular weight excluding hydrogens is 298 g/mol. The Balaban J connectivity index is 2.17. The number of halogens is 1. The predicted molar refractivity (Wildman–Crippen MR) is 71.8 cm³/mol. The number of aliphatic hydroxyl groups is 1. The fourth-order valence-electron chi connectivity index (χ4n) is 2.11. The first-order valence-electron chi connectivity index (χ1n) is 5.92. The molecule has 0 spiro atoms. The van der Waals surface area contributed by atoms with Gasteiger partial charge in [0.05, 0.1) is 18.8 Å². The van der Waals surface area contributed by atoms with Gasteiger partial charge in [0.1, 0.15) is 5.75 Å². The van der Waals surface area contributed by atoms with Gasteiger partial charge in [0, 0.05) is 17.6 Å². The van der Waals surface area contributed by atoms with Crippen molar-refractivity contribution in [3.63, 3.8) is 0 Å². The molecule has 5 heteroatoms. The maximum absolute atomic E-state index is 12.3. The summed E-state index contributed by atoms with van der Waals surface area (Å²) in [4.78, 5) is 14.0. The monoisotopic (exact) mass is 313 g/mol. The summed E-state index contributed by atoms with van der Waals surface area (Å²) in [5.41, 5.74) is 0.602. The highest BCUT2D eigenvalue weighted by Gasteiger charge is 2.24. The molecule has 0 saturated carbocycles. The third kappa shape index (κ3) is 2.84. The largest absolute Gasteiger partial charge is 0.497 e. The van der Waals surface area contributed by atoms with E-state index in [0.29, 0.717) is 28.9 Å². The molecule has 1 atom stereocenters. The van der Waals surface area contributed by atoms with Crippen molar-refractivity contribution in [1.82, 2.24) is 4.90 Å². The van der Waals surface area contributed by atoms with Crippen LogP contribution in [0.15, 0.2) is 22.7 Å². The van der Waals surface area contributed by atoms with Crippen molar-refractivity contribution in [3.8, 4) is 5.75 Å². The zero-order valence-electron chi connectivity index (χ0n) is 10.2. The Morgan fingerprint density at radius 2 is 2.33 bits per heavy atom. The molecule has 1 aromatic carbocycles. The molecule has 1 heterocycles. The minimum Gasteiger partial charge on any atom is -0.497 e. The molecule has 1 aliphatic rings. The average Bonchev–Trinajstić information content (AvgIpc) is 2.37. The smallest absolute Gasteiger partial charge is 0.255 e. The predicted octanol–water partition coefficient (Wildman–Crippen LogP) is 2.05. The molecule has 0 aromatic heterocycles. The Hall–Kier alpha value is -1.07. The molecule has 1 aromatic rings. The van der Waals surface area contributed by atoms with E-state index in [4.69, 9.17) is 4.74 Å². The van der Waals surface area contributed by atoms with Crippen molar-refractivity contribution in [2.45, 2.75) is 18.9 Å². The minimum atomic E-state index is -0.403. The fraction of sp³-hybridized carbons (Fsp3) is 0.462. The highest BCUT2D eigenvalue weighted by atomic mass is 79.9. The molecular formula is C13H16BrNO3. The summed E-state index contributed by atoms with van der Waals surface area (Å²) in [6, 6.07) is 5.28. The summed E-state index contributed by atoms with van der Waals surface area (Å²) >= 11 is 3.38. The van der Waals surface area contributed by atoms with Gasteiger partial charge in [-0.15, -0.1) is 0 Å². The number of ether oxygens (including phenoxy) is 1. The number of nitrogens with zero attached hydrogens (tertiary/aromatic N) is 1. The van der Waals surface area contributed by atoms with Crippen LogP contribution in [-0.4, -0.2) is 42.2 Å². The number of piperidine rings is 1. The third-order valence-corrected chi connectivity index (χ3v) is 3.75. The maximum Gasteiger partial charge on any atom is 0.255 e. The quantitative estimate of drug-likeness (QED) is 0.909. The molecule has 1 aliphatic heterocycles. The lowest BCUT2D eigenvalue weighted by atomic mass is 10.1. The maximum atomic E-state index is 12.3. The average molecular weight is 314 g/mol. The topological polar surface area (TPSA) is 49.8 Å². The lowest BCUT2D eigenvalue weighted by Gasteiger charge is -2.30. The minimum absolute atomic E-state index is 0.0525. The second-order valence-electron chi connectivity index (χ2n) is 4.39. The molecule has 0 aliphatic carbocycles. The van der Waals surface area contributed by atoms with E-state index in [0.717, 1.165) is 12.8 Å². The Morgan fingerprint density at radius 3 is 2.94 bits per heavy atom. The first-order chi connectivity index (χ1) is 8.61. The van der Waals surface area contributed by atoms with E-state index in [-0.39, 0.29) is 5.91 Å². The Kier molecular flexibility index (Phi) is 4.24. The van der Waals surface area contributed by atoms with Gasteiger partial charge in [-0.05, 0) is 47.0 Å². The number of amides is 1. The van der Waals surface area contributed by atoms with E-state index in [2.05, 4.69) is 15.9 Å². The van der Waals surface area contributed by atoms with E-state index in [9.17, 15) is 9.90 Å². The molecule has 1 unspecified atom stereocenters. The molecule has 2 rings (SSSR count). The SMILES string of the molecule is COc1ccc(C(=O)N2CCCC(O)C2)c(Br)c1. The lowest BCUT2D eigenvalue weighted by Crippen LogP contribution is -2.42. The van der Waals surface area contributed by atoms with Gasteiger partial charge in [-0.2, -0.15) is 0 Å². The number of likely N-dealkylation sites (tertiary alicyclic amines) is 1. The number of methoxy groups -OCH3 is 1. The highest BCUT2D eigenvalue weighted by Crippen LogP contribution is 2.25. The summed E-state index contributed by atoms with van der Waals surface area (Å²) in [7, 11) is 1.59. The molecule has 4 nitrogen and oxygen atoms in total. The van der Waals surface area contributed by atoms with Gasteiger partial charge in [0.25, 0.3) is 5.91 Å². The Morgan fingerprint density at radius 1 is 1.56 bits per heavy atom. The zero-order chi connectivity index (χ0) is 13.1. The number of carbonyl (C=O) groups excluding carboxylic acids is 1. The molecule has 1 saturated heterocycles. The first-order valence-corrected chi connectivity index (χ1v) is 6.72. The van der Waals surface area contributed by atoms with E-state index >= 15 is 0 Å². The summed E-state index contributed by atoms with van der Waals surface area (Å²) in [6.07, 6.45) is 1.22. The molecule has 1 fully saturated rings. The van der Waals surface area contributed by atoms with Crippen LogP contribution in [0.2, 0.25) is 0 Å². The van der Waals surface area contributed by atoms with Gasteiger partial charge in [-0.3, -0.25) is 4.79 Å². The molecule has 1 N–H and O–H groups in total. The summed E-state index contributed by atoms with van der Waals surface area (Å²) in [5.74, 6) is 0.653. The number of β-amino-alcohol motifs (C(OH)–C–C–N with tert-alkyl or cyclic N) is 1. The number of aliphatic hydroxyl groups excluding tert-OH is 1. The fourth-order valence-corrected chi connectivity index (χ4v) is 2.63.